The molecule has 4 atom stereocenters. The van der Waals surface area contributed by atoms with E-state index in [4.69, 9.17) is 4.74 Å². The van der Waals surface area contributed by atoms with E-state index < -0.39 is 11.4 Å². The molecule has 1 heterocycles. The normalized spacial score (nSPS) is 38.7. The van der Waals surface area contributed by atoms with Crippen molar-refractivity contribution in [3.05, 3.63) is 0 Å². The van der Waals surface area contributed by atoms with E-state index in [1.807, 2.05) is 27.0 Å². The Kier molecular flexibility index (Phi) is 2.62. The Hall–Kier alpha value is -0.0600. The summed E-state index contributed by atoms with van der Waals surface area (Å²) in [6.45, 7) is 7.55. The van der Waals surface area contributed by atoms with Gasteiger partial charge in [-0.05, 0) is 32.6 Å². The summed E-state index contributed by atoms with van der Waals surface area (Å²) in [6.07, 6.45) is 1.89. The topological polar surface area (TPSA) is 44.7 Å². The molecule has 1 saturated heterocycles. The summed E-state index contributed by atoms with van der Waals surface area (Å²) in [5.41, 5.74) is 0. The Labute approximate surface area is 88.3 Å². The Morgan fingerprint density at radius 2 is 1.93 bits per heavy atom. The second-order valence-electron chi connectivity index (χ2n) is 5.06. The molecule has 3 nitrogen and oxygen atoms in total. The molecule has 0 aromatic rings. The molecule has 2 fully saturated rings. The van der Waals surface area contributed by atoms with E-state index in [1.165, 1.54) is 0 Å². The second-order valence-corrected chi connectivity index (χ2v) is 6.99. The molecule has 0 N–H and O–H groups in total. The minimum absolute atomic E-state index is 0.239. The molecule has 0 aromatic carbocycles. The number of nitrogens with zero attached hydrogens (tertiary/aromatic N) is 1. The molecule has 2 aliphatic rings. The predicted molar refractivity (Wildman–Crippen MR) is 57.7 cm³/mol. The minimum Gasteiger partial charge on any atom is -0.591 e. The summed E-state index contributed by atoms with van der Waals surface area (Å²) in [6, 6.07) is 0. The lowest BCUT2D eigenvalue weighted by molar-refractivity contribution is 0.159. The molecule has 0 bridgehead atoms. The smallest absolute Gasteiger partial charge is 0.144 e. The van der Waals surface area contributed by atoms with Gasteiger partial charge in [-0.15, -0.1) is 0 Å². The maximum absolute atomic E-state index is 11.6. The van der Waals surface area contributed by atoms with E-state index in [9.17, 15) is 4.55 Å². The van der Waals surface area contributed by atoms with E-state index in [0.717, 1.165) is 13.2 Å². The fourth-order valence-corrected chi connectivity index (χ4v) is 2.36. The van der Waals surface area contributed by atoms with Crippen LogP contribution in [0.4, 0.5) is 0 Å². The average molecular weight is 215 g/mol. The third-order valence-corrected chi connectivity index (χ3v) is 4.23. The van der Waals surface area contributed by atoms with Gasteiger partial charge in [-0.1, -0.05) is 4.40 Å². The van der Waals surface area contributed by atoms with Crippen LogP contribution in [0.3, 0.4) is 0 Å². The van der Waals surface area contributed by atoms with E-state index >= 15 is 0 Å². The summed E-state index contributed by atoms with van der Waals surface area (Å²) < 4.78 is 20.8. The van der Waals surface area contributed by atoms with Crippen LogP contribution in [0.15, 0.2) is 4.40 Å². The van der Waals surface area contributed by atoms with Crippen molar-refractivity contribution < 1.29 is 9.29 Å². The van der Waals surface area contributed by atoms with Crippen molar-refractivity contribution in [3.63, 3.8) is 0 Å². The zero-order valence-electron chi connectivity index (χ0n) is 8.90. The lowest BCUT2D eigenvalue weighted by Gasteiger charge is -2.17. The fraction of sp³-hybridized carbons (Fsp3) is 0.900. The predicted octanol–water partition coefficient (Wildman–Crippen LogP) is 1.41. The lowest BCUT2D eigenvalue weighted by atomic mass is 10.3. The highest BCUT2D eigenvalue weighted by molar-refractivity contribution is 7.91. The van der Waals surface area contributed by atoms with Gasteiger partial charge in [0.1, 0.15) is 16.1 Å². The fourth-order valence-electron chi connectivity index (χ4n) is 1.79. The third-order valence-electron chi connectivity index (χ3n) is 2.87. The summed E-state index contributed by atoms with van der Waals surface area (Å²) >= 11 is -1.10. The van der Waals surface area contributed by atoms with Crippen molar-refractivity contribution in [2.75, 3.05) is 13.2 Å². The molecule has 1 saturated carbocycles. The van der Waals surface area contributed by atoms with E-state index in [-0.39, 0.29) is 4.75 Å². The quantitative estimate of drug-likeness (QED) is 0.516. The van der Waals surface area contributed by atoms with Crippen LogP contribution in [-0.2, 0) is 16.1 Å². The molecule has 80 valence electrons. The van der Waals surface area contributed by atoms with Gasteiger partial charge < -0.3 is 9.29 Å². The molecule has 4 heteroatoms. The lowest BCUT2D eigenvalue weighted by Crippen LogP contribution is -2.26. The maximum Gasteiger partial charge on any atom is 0.144 e. The van der Waals surface area contributed by atoms with E-state index in [0.29, 0.717) is 17.8 Å². The first-order valence-electron chi connectivity index (χ1n) is 5.04. The number of hydrogen-bond donors (Lipinski definition) is 0. The van der Waals surface area contributed by atoms with Crippen molar-refractivity contribution >= 4 is 17.6 Å². The second kappa shape index (κ2) is 3.51. The molecule has 0 radical (unpaired) electrons. The van der Waals surface area contributed by atoms with Crippen molar-refractivity contribution in [1.82, 2.24) is 0 Å². The first-order chi connectivity index (χ1) is 6.50. The van der Waals surface area contributed by atoms with Gasteiger partial charge in [-0.2, -0.15) is 0 Å². The zero-order valence-corrected chi connectivity index (χ0v) is 9.71. The Balaban J connectivity index is 1.84. The number of hydrogen-bond acceptors (Lipinski definition) is 3. The van der Waals surface area contributed by atoms with Crippen LogP contribution in [0.1, 0.15) is 20.8 Å². The van der Waals surface area contributed by atoms with Gasteiger partial charge in [0.25, 0.3) is 0 Å². The van der Waals surface area contributed by atoms with Crippen LogP contribution >= 0.6 is 0 Å². The van der Waals surface area contributed by atoms with Crippen LogP contribution < -0.4 is 0 Å². The Morgan fingerprint density at radius 1 is 1.36 bits per heavy atom. The monoisotopic (exact) mass is 215 g/mol. The molecular weight excluding hydrogens is 198 g/mol. The highest BCUT2D eigenvalue weighted by Gasteiger charge is 2.53. The van der Waals surface area contributed by atoms with Crippen LogP contribution in [0.2, 0.25) is 0 Å². The highest BCUT2D eigenvalue weighted by atomic mass is 32.2. The first kappa shape index (κ1) is 10.5. The molecule has 14 heavy (non-hydrogen) atoms. The molecule has 2 rings (SSSR count). The van der Waals surface area contributed by atoms with Gasteiger partial charge in [0.15, 0.2) is 0 Å². The molecule has 0 aromatic heterocycles. The number of fused-ring (bicyclic) bond motifs is 1. The molecule has 1 aliphatic heterocycles. The molecule has 1 unspecified atom stereocenters. The van der Waals surface area contributed by atoms with E-state index in [2.05, 4.69) is 4.40 Å². The highest BCUT2D eigenvalue weighted by Crippen LogP contribution is 2.49. The maximum atomic E-state index is 11.6. The molecule has 0 spiro atoms. The van der Waals surface area contributed by atoms with Crippen molar-refractivity contribution in [3.8, 4) is 0 Å². The zero-order chi connectivity index (χ0) is 10.3. The van der Waals surface area contributed by atoms with Crippen LogP contribution in [0, 0.1) is 17.8 Å². The SMILES string of the molecule is CC(C)(C)[S+]([O-])/N=C/[C@H]1[C@H]2COC[C@@H]12. The number of ether oxygens (including phenoxy) is 1. The van der Waals surface area contributed by atoms with Crippen molar-refractivity contribution in [2.24, 2.45) is 22.2 Å². The van der Waals surface area contributed by atoms with Gasteiger partial charge >= 0.3 is 0 Å². The largest absolute Gasteiger partial charge is 0.591 e. The Bertz CT molecular complexity index is 239. The minimum atomic E-state index is -1.10. The van der Waals surface area contributed by atoms with Crippen LogP contribution in [-0.4, -0.2) is 28.7 Å². The molecular formula is C10H17NO2S. The first-order valence-corrected chi connectivity index (χ1v) is 6.15. The van der Waals surface area contributed by atoms with Gasteiger partial charge in [0, 0.05) is 5.92 Å². The van der Waals surface area contributed by atoms with Crippen molar-refractivity contribution in [2.45, 2.75) is 25.5 Å². The standard InChI is InChI=1S/C10H17NO2S/c1-10(2,3)14(12)11-4-7-8-5-13-6-9(7)8/h4,7-9H,5-6H2,1-3H3/b11-4+/t7-,8+,9-,14?. The van der Waals surface area contributed by atoms with Gasteiger partial charge in [0.2, 0.25) is 0 Å². The van der Waals surface area contributed by atoms with Crippen molar-refractivity contribution in [1.29, 1.82) is 0 Å². The average Bonchev–Trinajstić information content (AvgIpc) is 2.56. The number of rotatable bonds is 2. The van der Waals surface area contributed by atoms with E-state index in [1.54, 1.807) is 0 Å². The molecule has 1 aliphatic carbocycles. The van der Waals surface area contributed by atoms with Crippen LogP contribution in [0.25, 0.3) is 0 Å². The van der Waals surface area contributed by atoms with Crippen LogP contribution in [0.5, 0.6) is 0 Å². The summed E-state index contributed by atoms with van der Waals surface area (Å²) in [5.74, 6) is 1.86. The summed E-state index contributed by atoms with van der Waals surface area (Å²) in [5, 5.41) is 0. The third kappa shape index (κ3) is 1.97. The Morgan fingerprint density at radius 3 is 2.43 bits per heavy atom. The summed E-state index contributed by atoms with van der Waals surface area (Å²) in [7, 11) is 0. The van der Waals surface area contributed by atoms with Gasteiger partial charge in [-0.25, -0.2) is 0 Å². The molecule has 0 amide bonds. The van der Waals surface area contributed by atoms with Gasteiger partial charge in [0.05, 0.1) is 19.4 Å². The summed E-state index contributed by atoms with van der Waals surface area (Å²) in [4.78, 5) is 0. The van der Waals surface area contributed by atoms with Gasteiger partial charge in [-0.3, -0.25) is 0 Å².